The average molecular weight is 450 g/mol. The number of aromatic nitrogens is 3. The maximum atomic E-state index is 12.2. The van der Waals surface area contributed by atoms with Gasteiger partial charge in [0.1, 0.15) is 5.69 Å². The Labute approximate surface area is 191 Å². The van der Waals surface area contributed by atoms with Crippen molar-refractivity contribution in [1.29, 1.82) is 0 Å². The first-order valence-corrected chi connectivity index (χ1v) is 11.2. The van der Waals surface area contributed by atoms with Gasteiger partial charge in [-0.1, -0.05) is 6.92 Å². The van der Waals surface area contributed by atoms with Crippen molar-refractivity contribution in [2.24, 2.45) is 0 Å². The van der Waals surface area contributed by atoms with Gasteiger partial charge in [0.25, 0.3) is 5.56 Å². The van der Waals surface area contributed by atoms with E-state index in [2.05, 4.69) is 24.8 Å². The van der Waals surface area contributed by atoms with Crippen LogP contribution in [0.5, 0.6) is 0 Å². The molecule has 0 spiro atoms. The predicted octanol–water partition coefficient (Wildman–Crippen LogP) is 1.89. The summed E-state index contributed by atoms with van der Waals surface area (Å²) in [4.78, 5) is 40.8. The van der Waals surface area contributed by atoms with Gasteiger partial charge in [-0.25, -0.2) is 9.78 Å². The van der Waals surface area contributed by atoms with Gasteiger partial charge in [-0.15, -0.1) is 0 Å². The van der Waals surface area contributed by atoms with Crippen LogP contribution in [-0.2, 0) is 29.0 Å². The zero-order valence-corrected chi connectivity index (χ0v) is 18.8. The van der Waals surface area contributed by atoms with E-state index in [1.807, 2.05) is 31.3 Å². The molecule has 0 unspecified atom stereocenters. The number of piperazine rings is 1. The first-order chi connectivity index (χ1) is 16.1. The van der Waals surface area contributed by atoms with Crippen LogP contribution >= 0.6 is 0 Å². The highest BCUT2D eigenvalue weighted by Crippen LogP contribution is 2.29. The average Bonchev–Trinajstić information content (AvgIpc) is 3.01. The number of fused-ring (bicyclic) bond motifs is 4. The molecule has 1 N–H and O–H groups in total. The Balaban J connectivity index is 1.32. The smallest absolute Gasteiger partial charge is 0.356 e. The number of methoxy groups -OCH3 is 1. The Kier molecular flexibility index (Phi) is 5.82. The third kappa shape index (κ3) is 4.21. The van der Waals surface area contributed by atoms with Crippen LogP contribution in [0.3, 0.4) is 0 Å². The lowest BCUT2D eigenvalue weighted by molar-refractivity contribution is 0.0592. The largest absolute Gasteiger partial charge is 0.464 e. The number of ether oxygens (including phenoxy) is 2. The van der Waals surface area contributed by atoms with Crippen LogP contribution in [0, 0.1) is 0 Å². The van der Waals surface area contributed by atoms with E-state index in [0.717, 1.165) is 59.7 Å². The molecule has 172 valence electrons. The fourth-order valence-corrected chi connectivity index (χ4v) is 4.67. The van der Waals surface area contributed by atoms with Gasteiger partial charge in [-0.3, -0.25) is 14.7 Å². The topological polar surface area (TPSA) is 101 Å². The quantitative estimate of drug-likeness (QED) is 0.603. The monoisotopic (exact) mass is 449 g/mol. The molecule has 9 heteroatoms. The van der Waals surface area contributed by atoms with Crippen molar-refractivity contribution >= 4 is 22.7 Å². The number of rotatable bonds is 4. The highest BCUT2D eigenvalue weighted by molar-refractivity contribution is 5.87. The van der Waals surface area contributed by atoms with Gasteiger partial charge in [0.2, 0.25) is 0 Å². The highest BCUT2D eigenvalue weighted by atomic mass is 16.5. The van der Waals surface area contributed by atoms with Crippen LogP contribution < -0.4 is 10.5 Å². The molecule has 5 heterocycles. The summed E-state index contributed by atoms with van der Waals surface area (Å²) in [5.74, 6) is -0.445. The summed E-state index contributed by atoms with van der Waals surface area (Å²) in [6.07, 6.45) is 2.58. The number of carbonyl (C=O) groups excluding carboxylic acids is 1. The Morgan fingerprint density at radius 1 is 1.30 bits per heavy atom. The van der Waals surface area contributed by atoms with Crippen LogP contribution in [-0.4, -0.2) is 65.2 Å². The van der Waals surface area contributed by atoms with Gasteiger partial charge in [0.05, 0.1) is 48.8 Å². The molecule has 0 bridgehead atoms. The van der Waals surface area contributed by atoms with Crippen molar-refractivity contribution < 1.29 is 14.3 Å². The fraction of sp³-hybridized carbons (Fsp3) is 0.417. The normalized spacial score (nSPS) is 18.5. The molecular weight excluding hydrogens is 422 g/mol. The Morgan fingerprint density at radius 2 is 2.18 bits per heavy atom. The number of carbonyl (C=O) groups is 1. The minimum atomic E-state index is -0.445. The number of hydrogen-bond acceptors (Lipinski definition) is 8. The van der Waals surface area contributed by atoms with E-state index < -0.39 is 5.97 Å². The minimum absolute atomic E-state index is 0.0456. The van der Waals surface area contributed by atoms with Crippen molar-refractivity contribution in [3.8, 4) is 0 Å². The zero-order valence-electron chi connectivity index (χ0n) is 18.8. The zero-order chi connectivity index (χ0) is 22.9. The van der Waals surface area contributed by atoms with Crippen molar-refractivity contribution in [1.82, 2.24) is 19.9 Å². The molecular formula is C24H27N5O4. The third-order valence-electron chi connectivity index (χ3n) is 6.38. The molecule has 0 aliphatic carbocycles. The number of pyridine rings is 3. The molecule has 2 aliphatic rings. The van der Waals surface area contributed by atoms with E-state index in [4.69, 9.17) is 9.47 Å². The molecule has 5 rings (SSSR count). The van der Waals surface area contributed by atoms with E-state index >= 15 is 0 Å². The Morgan fingerprint density at radius 3 is 3.00 bits per heavy atom. The molecule has 3 aromatic rings. The van der Waals surface area contributed by atoms with Gasteiger partial charge < -0.3 is 19.4 Å². The van der Waals surface area contributed by atoms with Crippen LogP contribution in [0.15, 0.2) is 35.3 Å². The lowest BCUT2D eigenvalue weighted by Gasteiger charge is -2.41. The van der Waals surface area contributed by atoms with Crippen LogP contribution in [0.2, 0.25) is 0 Å². The van der Waals surface area contributed by atoms with Crippen LogP contribution in [0.4, 0.5) is 5.69 Å². The predicted molar refractivity (Wildman–Crippen MR) is 123 cm³/mol. The number of nitrogens with one attached hydrogen (secondary N) is 1. The van der Waals surface area contributed by atoms with E-state index in [0.29, 0.717) is 25.3 Å². The summed E-state index contributed by atoms with van der Waals surface area (Å²) in [5, 5.41) is 0. The molecule has 33 heavy (non-hydrogen) atoms. The van der Waals surface area contributed by atoms with Crippen LogP contribution in [0.1, 0.15) is 34.2 Å². The number of aromatic amines is 1. The number of aryl methyl sites for hydroxylation is 1. The molecule has 1 fully saturated rings. The Hall–Kier alpha value is -3.30. The van der Waals surface area contributed by atoms with E-state index in [9.17, 15) is 9.59 Å². The Bertz CT molecular complexity index is 1260. The third-order valence-corrected chi connectivity index (χ3v) is 6.38. The van der Waals surface area contributed by atoms with Gasteiger partial charge in [-0.05, 0) is 36.2 Å². The molecule has 9 nitrogen and oxygen atoms in total. The maximum absolute atomic E-state index is 12.2. The molecule has 1 atom stereocenters. The van der Waals surface area contributed by atoms with Crippen molar-refractivity contribution in [3.63, 3.8) is 0 Å². The standard InChI is InChI=1S/C24H27N5O4/c1-3-16-9-19-20(27-23(16)30)8-15(10-25-19)11-28-6-7-29-17(12-28)13-33-14-21-22(29)5-4-18(26-21)24(31)32-2/h4-5,8-10,17H,3,6-7,11-14H2,1-2H3,(H,27,30)/t17-/m1/s1. The van der Waals surface area contributed by atoms with Crippen molar-refractivity contribution in [2.75, 3.05) is 38.3 Å². The summed E-state index contributed by atoms with van der Waals surface area (Å²) >= 11 is 0. The molecule has 3 aromatic heterocycles. The number of esters is 1. The van der Waals surface area contributed by atoms with Crippen molar-refractivity contribution in [3.05, 3.63) is 63.3 Å². The SMILES string of the molecule is CCc1cc2ncc(CN3CCN4c5ccc(C(=O)OC)nc5COC[C@H]4C3)cc2[nH]c1=O. The van der Waals surface area contributed by atoms with Gasteiger partial charge in [0, 0.05) is 37.9 Å². The number of anilines is 1. The summed E-state index contributed by atoms with van der Waals surface area (Å²) in [6.45, 7) is 6.21. The number of nitrogens with zero attached hydrogens (tertiary/aromatic N) is 4. The summed E-state index contributed by atoms with van der Waals surface area (Å²) in [6, 6.07) is 7.74. The molecule has 0 radical (unpaired) electrons. The fourth-order valence-electron chi connectivity index (χ4n) is 4.67. The second-order valence-electron chi connectivity index (χ2n) is 8.50. The van der Waals surface area contributed by atoms with Gasteiger partial charge >= 0.3 is 5.97 Å². The molecule has 1 saturated heterocycles. The van der Waals surface area contributed by atoms with E-state index in [1.54, 1.807) is 6.07 Å². The molecule has 0 saturated carbocycles. The van der Waals surface area contributed by atoms with Crippen LogP contribution in [0.25, 0.3) is 11.0 Å². The summed E-state index contributed by atoms with van der Waals surface area (Å²) < 4.78 is 10.7. The van der Waals surface area contributed by atoms with E-state index in [1.165, 1.54) is 7.11 Å². The minimum Gasteiger partial charge on any atom is -0.464 e. The van der Waals surface area contributed by atoms with Gasteiger partial charge in [0.15, 0.2) is 0 Å². The first kappa shape index (κ1) is 21.5. The molecule has 0 aromatic carbocycles. The summed E-state index contributed by atoms with van der Waals surface area (Å²) in [5.41, 5.74) is 5.43. The molecule has 0 amide bonds. The van der Waals surface area contributed by atoms with E-state index in [-0.39, 0.29) is 11.6 Å². The highest BCUT2D eigenvalue weighted by Gasteiger charge is 2.31. The number of hydrogen-bond donors (Lipinski definition) is 1. The lowest BCUT2D eigenvalue weighted by atomic mass is 10.1. The second kappa shape index (κ2) is 8.92. The number of H-pyrrole nitrogens is 1. The van der Waals surface area contributed by atoms with Crippen molar-refractivity contribution in [2.45, 2.75) is 32.5 Å². The van der Waals surface area contributed by atoms with Gasteiger partial charge in [-0.2, -0.15) is 0 Å². The molecule has 2 aliphatic heterocycles. The first-order valence-electron chi connectivity index (χ1n) is 11.2. The summed E-state index contributed by atoms with van der Waals surface area (Å²) in [7, 11) is 1.35. The second-order valence-corrected chi connectivity index (χ2v) is 8.50. The lowest BCUT2D eigenvalue weighted by Crippen LogP contribution is -2.54. The maximum Gasteiger partial charge on any atom is 0.356 e.